The predicted octanol–water partition coefficient (Wildman–Crippen LogP) is 2.40. The van der Waals surface area contributed by atoms with Crippen LogP contribution in [0, 0.1) is 0 Å². The van der Waals surface area contributed by atoms with Gasteiger partial charge in [-0.05, 0) is 26.3 Å². The molecular weight excluding hydrogens is 217 g/mol. The maximum atomic E-state index is 12.1. The van der Waals surface area contributed by atoms with Gasteiger partial charge in [-0.2, -0.15) is 13.2 Å². The number of alkyl halides is 3. The van der Waals surface area contributed by atoms with Crippen molar-refractivity contribution in [3.8, 4) is 0 Å². The van der Waals surface area contributed by atoms with Crippen molar-refractivity contribution >= 4 is 0 Å². The van der Waals surface area contributed by atoms with Crippen LogP contribution in [0.2, 0.25) is 0 Å². The summed E-state index contributed by atoms with van der Waals surface area (Å²) >= 11 is 0. The Morgan fingerprint density at radius 1 is 1.38 bits per heavy atom. The number of nitrogens with zero attached hydrogens (tertiary/aromatic N) is 1. The van der Waals surface area contributed by atoms with Crippen molar-refractivity contribution in [3.05, 3.63) is 0 Å². The lowest BCUT2D eigenvalue weighted by molar-refractivity contribution is -0.137. The topological polar surface area (TPSA) is 15.3 Å². The number of halogens is 3. The first-order valence-corrected chi connectivity index (χ1v) is 5.90. The average Bonchev–Trinajstić information content (AvgIpc) is 2.19. The smallest absolute Gasteiger partial charge is 0.314 e. The monoisotopic (exact) mass is 238 g/mol. The quantitative estimate of drug-likeness (QED) is 0.809. The van der Waals surface area contributed by atoms with Gasteiger partial charge >= 0.3 is 6.18 Å². The Morgan fingerprint density at radius 3 is 2.62 bits per heavy atom. The number of hydrogen-bond acceptors (Lipinski definition) is 2. The molecule has 1 aliphatic rings. The Bertz CT molecular complexity index is 218. The maximum absolute atomic E-state index is 12.1. The van der Waals surface area contributed by atoms with E-state index >= 15 is 0 Å². The minimum atomic E-state index is -4.02. The molecule has 1 unspecified atom stereocenters. The molecule has 1 N–H and O–H groups in total. The van der Waals surface area contributed by atoms with Gasteiger partial charge in [0.2, 0.25) is 0 Å². The molecule has 1 rings (SSSR count). The molecule has 2 nitrogen and oxygen atoms in total. The zero-order valence-corrected chi connectivity index (χ0v) is 10.0. The van der Waals surface area contributed by atoms with E-state index < -0.39 is 12.6 Å². The van der Waals surface area contributed by atoms with E-state index in [9.17, 15) is 13.2 Å². The number of piperazine rings is 1. The molecule has 96 valence electrons. The number of hydrogen-bond donors (Lipinski definition) is 1. The summed E-state index contributed by atoms with van der Waals surface area (Å²) < 4.78 is 36.2. The van der Waals surface area contributed by atoms with Gasteiger partial charge in [-0.15, -0.1) is 0 Å². The second-order valence-corrected chi connectivity index (χ2v) is 4.73. The number of nitrogens with one attached hydrogen (secondary N) is 1. The molecule has 1 aliphatic heterocycles. The van der Waals surface area contributed by atoms with Crippen molar-refractivity contribution in [2.24, 2.45) is 0 Å². The lowest BCUT2D eigenvalue weighted by atomic mass is 9.94. The molecule has 0 amide bonds. The highest BCUT2D eigenvalue weighted by atomic mass is 19.4. The van der Waals surface area contributed by atoms with E-state index in [1.54, 1.807) is 0 Å². The minimum absolute atomic E-state index is 0.0177. The van der Waals surface area contributed by atoms with Crippen LogP contribution in [-0.4, -0.2) is 42.8 Å². The highest BCUT2D eigenvalue weighted by Gasteiger charge is 2.33. The van der Waals surface area contributed by atoms with Crippen LogP contribution in [0.25, 0.3) is 0 Å². The van der Waals surface area contributed by atoms with Crippen molar-refractivity contribution < 1.29 is 13.2 Å². The Labute approximate surface area is 95.2 Å². The molecule has 0 aromatic carbocycles. The van der Waals surface area contributed by atoms with Gasteiger partial charge in [0.25, 0.3) is 0 Å². The van der Waals surface area contributed by atoms with Crippen molar-refractivity contribution in [3.63, 3.8) is 0 Å². The molecule has 0 saturated carbocycles. The van der Waals surface area contributed by atoms with Crippen LogP contribution in [0.4, 0.5) is 13.2 Å². The summed E-state index contributed by atoms with van der Waals surface area (Å²) in [6.45, 7) is 7.35. The fourth-order valence-corrected chi connectivity index (χ4v) is 2.15. The van der Waals surface area contributed by atoms with E-state index in [2.05, 4.69) is 24.1 Å². The van der Waals surface area contributed by atoms with Crippen molar-refractivity contribution in [2.45, 2.75) is 44.8 Å². The third-order valence-electron chi connectivity index (χ3n) is 3.48. The van der Waals surface area contributed by atoms with Crippen molar-refractivity contribution in [1.29, 1.82) is 0 Å². The van der Waals surface area contributed by atoms with E-state index in [1.807, 2.05) is 0 Å². The number of rotatable bonds is 4. The molecule has 5 heteroatoms. The van der Waals surface area contributed by atoms with E-state index in [0.29, 0.717) is 6.54 Å². The second kappa shape index (κ2) is 5.36. The molecule has 0 aliphatic carbocycles. The Balaban J connectivity index is 2.39. The standard InChI is InChI=1S/C11H21F3N2/c1-3-10(2)9-15-6-8-16(10)7-4-5-11(12,13)14/h15H,3-9H2,1-2H3. The molecule has 1 fully saturated rings. The summed E-state index contributed by atoms with van der Waals surface area (Å²) in [5, 5.41) is 3.30. The van der Waals surface area contributed by atoms with Crippen LogP contribution in [-0.2, 0) is 0 Å². The Morgan fingerprint density at radius 2 is 2.06 bits per heavy atom. The molecule has 1 heterocycles. The lowest BCUT2D eigenvalue weighted by Gasteiger charge is -2.45. The first-order valence-electron chi connectivity index (χ1n) is 5.90. The normalized spacial score (nSPS) is 28.3. The van der Waals surface area contributed by atoms with Gasteiger partial charge in [-0.25, -0.2) is 0 Å². The van der Waals surface area contributed by atoms with Gasteiger partial charge in [0, 0.05) is 31.6 Å². The van der Waals surface area contributed by atoms with Gasteiger partial charge in [0.15, 0.2) is 0 Å². The molecule has 0 aromatic rings. The molecular formula is C11H21F3N2. The summed E-state index contributed by atoms with van der Waals surface area (Å²) in [4.78, 5) is 2.19. The first-order chi connectivity index (χ1) is 7.37. The molecule has 16 heavy (non-hydrogen) atoms. The van der Waals surface area contributed by atoms with E-state index in [4.69, 9.17) is 0 Å². The molecule has 0 spiro atoms. The molecule has 0 bridgehead atoms. The van der Waals surface area contributed by atoms with Crippen LogP contribution in [0.1, 0.15) is 33.1 Å². The van der Waals surface area contributed by atoms with Crippen molar-refractivity contribution in [2.75, 3.05) is 26.2 Å². The summed E-state index contributed by atoms with van der Waals surface area (Å²) in [5.74, 6) is 0. The van der Waals surface area contributed by atoms with Crippen LogP contribution in [0.15, 0.2) is 0 Å². The van der Waals surface area contributed by atoms with Crippen molar-refractivity contribution in [1.82, 2.24) is 10.2 Å². The molecule has 1 atom stereocenters. The SMILES string of the molecule is CCC1(C)CNCCN1CCCC(F)(F)F. The molecule has 0 radical (unpaired) electrons. The molecule has 1 saturated heterocycles. The summed E-state index contributed by atoms with van der Waals surface area (Å²) in [5.41, 5.74) is 0.0177. The fourth-order valence-electron chi connectivity index (χ4n) is 2.15. The van der Waals surface area contributed by atoms with Gasteiger partial charge in [0.05, 0.1) is 0 Å². The van der Waals surface area contributed by atoms with Gasteiger partial charge < -0.3 is 5.32 Å². The Kier molecular flexibility index (Phi) is 4.62. The largest absolute Gasteiger partial charge is 0.389 e. The van der Waals surface area contributed by atoms with Crippen LogP contribution in [0.3, 0.4) is 0 Å². The van der Waals surface area contributed by atoms with E-state index in [-0.39, 0.29) is 12.0 Å². The first kappa shape index (κ1) is 13.8. The van der Waals surface area contributed by atoms with E-state index in [0.717, 1.165) is 26.1 Å². The fraction of sp³-hybridized carbons (Fsp3) is 1.00. The van der Waals surface area contributed by atoms with Crippen LogP contribution in [0.5, 0.6) is 0 Å². The van der Waals surface area contributed by atoms with Crippen LogP contribution >= 0.6 is 0 Å². The zero-order valence-electron chi connectivity index (χ0n) is 10.0. The third-order valence-corrected chi connectivity index (χ3v) is 3.48. The summed E-state index contributed by atoms with van der Waals surface area (Å²) in [7, 11) is 0. The summed E-state index contributed by atoms with van der Waals surface area (Å²) in [6, 6.07) is 0. The van der Waals surface area contributed by atoms with Gasteiger partial charge in [-0.3, -0.25) is 4.90 Å². The van der Waals surface area contributed by atoms with Gasteiger partial charge in [-0.1, -0.05) is 6.92 Å². The summed E-state index contributed by atoms with van der Waals surface area (Å²) in [6.07, 6.45) is -3.52. The highest BCUT2D eigenvalue weighted by Crippen LogP contribution is 2.25. The molecule has 0 aromatic heterocycles. The highest BCUT2D eigenvalue weighted by molar-refractivity contribution is 4.91. The minimum Gasteiger partial charge on any atom is -0.314 e. The maximum Gasteiger partial charge on any atom is 0.389 e. The van der Waals surface area contributed by atoms with Crippen LogP contribution < -0.4 is 5.32 Å². The predicted molar refractivity (Wildman–Crippen MR) is 58.4 cm³/mol. The Hall–Kier alpha value is -0.290. The zero-order chi connectivity index (χ0) is 12.2. The average molecular weight is 238 g/mol. The second-order valence-electron chi connectivity index (χ2n) is 4.73. The van der Waals surface area contributed by atoms with Gasteiger partial charge in [0.1, 0.15) is 0 Å². The third kappa shape index (κ3) is 3.94. The lowest BCUT2D eigenvalue weighted by Crippen LogP contribution is -2.59. The van der Waals surface area contributed by atoms with E-state index in [1.165, 1.54) is 0 Å².